The number of aryl methyl sites for hydroxylation is 1. The van der Waals surface area contributed by atoms with Gasteiger partial charge in [0.25, 0.3) is 0 Å². The Hall–Kier alpha value is -1.61. The number of nitrogens with zero attached hydrogens (tertiary/aromatic N) is 2. The Morgan fingerprint density at radius 2 is 1.83 bits per heavy atom. The Bertz CT molecular complexity index is 502. The molecule has 0 aliphatic heterocycles. The minimum atomic E-state index is 0.290. The number of likely N-dealkylation sites (N-methyl/N-ethyl adjacent to an activating group) is 1. The molecule has 1 aromatic heterocycles. The van der Waals surface area contributed by atoms with E-state index in [0.29, 0.717) is 12.1 Å². The van der Waals surface area contributed by atoms with Crippen LogP contribution in [-0.4, -0.2) is 16.6 Å². The number of nitrogens with one attached hydrogen (secondary N) is 1. The topological polar surface area (TPSA) is 29.9 Å². The zero-order valence-corrected chi connectivity index (χ0v) is 11.5. The third-order valence-corrected chi connectivity index (χ3v) is 3.68. The first-order valence-corrected chi connectivity index (χ1v) is 6.37. The average molecular weight is 243 g/mol. The lowest BCUT2D eigenvalue weighted by molar-refractivity contribution is 0.396. The predicted octanol–water partition coefficient (Wildman–Crippen LogP) is 3.02. The zero-order chi connectivity index (χ0) is 13.1. The van der Waals surface area contributed by atoms with E-state index < -0.39 is 0 Å². The highest BCUT2D eigenvalue weighted by atomic mass is 15.1. The Balaban J connectivity index is 2.31. The minimum absolute atomic E-state index is 0.290. The van der Waals surface area contributed by atoms with Crippen molar-refractivity contribution >= 4 is 0 Å². The highest BCUT2D eigenvalue weighted by Gasteiger charge is 2.20. The molecule has 1 heterocycles. The number of aromatic nitrogens is 2. The van der Waals surface area contributed by atoms with Crippen molar-refractivity contribution in [1.82, 2.24) is 14.9 Å². The van der Waals surface area contributed by atoms with Crippen molar-refractivity contribution < 1.29 is 0 Å². The van der Waals surface area contributed by atoms with Crippen LogP contribution in [-0.2, 0) is 0 Å². The van der Waals surface area contributed by atoms with Crippen LogP contribution >= 0.6 is 0 Å². The monoisotopic (exact) mass is 243 g/mol. The first-order chi connectivity index (χ1) is 8.65. The molecule has 0 bridgehead atoms. The van der Waals surface area contributed by atoms with E-state index >= 15 is 0 Å². The number of benzene rings is 1. The quantitative estimate of drug-likeness (QED) is 0.894. The molecular weight excluding hydrogens is 222 g/mol. The molecule has 2 atom stereocenters. The van der Waals surface area contributed by atoms with E-state index in [2.05, 4.69) is 59.9 Å². The molecule has 3 heteroatoms. The molecule has 18 heavy (non-hydrogen) atoms. The third kappa shape index (κ3) is 2.31. The summed E-state index contributed by atoms with van der Waals surface area (Å²) in [6, 6.07) is 11.2. The standard InChI is InChI=1S/C15H21N3/c1-11-12(2)18(10-17-11)13(3)15(16-4)14-8-6-5-7-9-14/h5-10,13,15-16H,1-4H3. The number of hydrogen-bond donors (Lipinski definition) is 1. The third-order valence-electron chi connectivity index (χ3n) is 3.68. The van der Waals surface area contributed by atoms with E-state index in [4.69, 9.17) is 0 Å². The Labute approximate surface area is 109 Å². The Kier molecular flexibility index (Phi) is 3.82. The van der Waals surface area contributed by atoms with Gasteiger partial charge in [-0.05, 0) is 33.4 Å². The molecule has 1 aromatic carbocycles. The van der Waals surface area contributed by atoms with Crippen LogP contribution in [0.3, 0.4) is 0 Å². The van der Waals surface area contributed by atoms with Gasteiger partial charge in [0.2, 0.25) is 0 Å². The molecule has 0 saturated carbocycles. The smallest absolute Gasteiger partial charge is 0.0954 e. The molecule has 96 valence electrons. The summed E-state index contributed by atoms with van der Waals surface area (Å²) in [5, 5.41) is 3.40. The predicted molar refractivity (Wildman–Crippen MR) is 74.7 cm³/mol. The van der Waals surface area contributed by atoms with Crippen molar-refractivity contribution in [2.45, 2.75) is 32.9 Å². The van der Waals surface area contributed by atoms with Crippen LogP contribution in [0.15, 0.2) is 36.7 Å². The van der Waals surface area contributed by atoms with Crippen molar-refractivity contribution in [3.8, 4) is 0 Å². The summed E-state index contributed by atoms with van der Waals surface area (Å²) in [5.74, 6) is 0. The average Bonchev–Trinajstić information content (AvgIpc) is 2.72. The second kappa shape index (κ2) is 5.36. The molecule has 0 spiro atoms. The van der Waals surface area contributed by atoms with Gasteiger partial charge in [0.05, 0.1) is 24.1 Å². The fourth-order valence-electron chi connectivity index (χ4n) is 2.43. The second-order valence-corrected chi connectivity index (χ2v) is 4.74. The molecule has 0 saturated heterocycles. The molecule has 0 fully saturated rings. The van der Waals surface area contributed by atoms with Crippen molar-refractivity contribution in [2.75, 3.05) is 7.05 Å². The van der Waals surface area contributed by atoms with Gasteiger partial charge in [0.1, 0.15) is 0 Å². The lowest BCUT2D eigenvalue weighted by Crippen LogP contribution is -2.26. The van der Waals surface area contributed by atoms with Gasteiger partial charge in [-0.2, -0.15) is 0 Å². The van der Waals surface area contributed by atoms with Crippen LogP contribution in [0.1, 0.15) is 36.0 Å². The van der Waals surface area contributed by atoms with Gasteiger partial charge in [0.15, 0.2) is 0 Å². The molecule has 0 aliphatic rings. The van der Waals surface area contributed by atoms with Crippen LogP contribution in [0.25, 0.3) is 0 Å². The molecule has 3 nitrogen and oxygen atoms in total. The fraction of sp³-hybridized carbons (Fsp3) is 0.400. The lowest BCUT2D eigenvalue weighted by Gasteiger charge is -2.26. The van der Waals surface area contributed by atoms with E-state index in [1.54, 1.807) is 0 Å². The highest BCUT2D eigenvalue weighted by molar-refractivity contribution is 5.21. The summed E-state index contributed by atoms with van der Waals surface area (Å²) >= 11 is 0. The largest absolute Gasteiger partial charge is 0.330 e. The molecule has 0 radical (unpaired) electrons. The maximum atomic E-state index is 4.38. The number of imidazole rings is 1. The maximum Gasteiger partial charge on any atom is 0.0954 e. The van der Waals surface area contributed by atoms with Gasteiger partial charge in [-0.25, -0.2) is 4.98 Å². The SMILES string of the molecule is CNC(c1ccccc1)C(C)n1cnc(C)c1C. The van der Waals surface area contributed by atoms with Gasteiger partial charge >= 0.3 is 0 Å². The summed E-state index contributed by atoms with van der Waals surface area (Å²) in [7, 11) is 2.01. The van der Waals surface area contributed by atoms with Gasteiger partial charge in [-0.3, -0.25) is 0 Å². The Morgan fingerprint density at radius 3 is 2.33 bits per heavy atom. The number of rotatable bonds is 4. The van der Waals surface area contributed by atoms with Crippen LogP contribution in [0.4, 0.5) is 0 Å². The summed E-state index contributed by atoms with van der Waals surface area (Å²) in [6.45, 7) is 6.40. The minimum Gasteiger partial charge on any atom is -0.330 e. The van der Waals surface area contributed by atoms with E-state index in [-0.39, 0.29) is 0 Å². The second-order valence-electron chi connectivity index (χ2n) is 4.74. The fourth-order valence-corrected chi connectivity index (χ4v) is 2.43. The first kappa shape index (κ1) is 12.8. The van der Waals surface area contributed by atoms with Crippen LogP contribution in [0, 0.1) is 13.8 Å². The van der Waals surface area contributed by atoms with Crippen molar-refractivity contribution in [2.24, 2.45) is 0 Å². The van der Waals surface area contributed by atoms with E-state index in [9.17, 15) is 0 Å². The zero-order valence-electron chi connectivity index (χ0n) is 11.5. The molecule has 1 N–H and O–H groups in total. The molecule has 2 rings (SSSR count). The summed E-state index contributed by atoms with van der Waals surface area (Å²) in [4.78, 5) is 4.38. The van der Waals surface area contributed by atoms with Crippen LogP contribution in [0.5, 0.6) is 0 Å². The summed E-state index contributed by atoms with van der Waals surface area (Å²) in [6.07, 6.45) is 1.93. The van der Waals surface area contributed by atoms with Gasteiger partial charge in [-0.1, -0.05) is 30.3 Å². The molecule has 0 aliphatic carbocycles. The molecular formula is C15H21N3. The lowest BCUT2D eigenvalue weighted by atomic mass is 10.0. The molecule has 0 amide bonds. The van der Waals surface area contributed by atoms with Crippen molar-refractivity contribution in [3.05, 3.63) is 53.6 Å². The first-order valence-electron chi connectivity index (χ1n) is 6.37. The van der Waals surface area contributed by atoms with Gasteiger partial charge in [0, 0.05) is 5.69 Å². The van der Waals surface area contributed by atoms with E-state index in [1.165, 1.54) is 11.3 Å². The summed E-state index contributed by atoms with van der Waals surface area (Å²) in [5.41, 5.74) is 3.64. The Morgan fingerprint density at radius 1 is 1.17 bits per heavy atom. The van der Waals surface area contributed by atoms with E-state index in [1.807, 2.05) is 19.4 Å². The van der Waals surface area contributed by atoms with Crippen LogP contribution < -0.4 is 5.32 Å². The summed E-state index contributed by atoms with van der Waals surface area (Å²) < 4.78 is 2.24. The van der Waals surface area contributed by atoms with Gasteiger partial charge in [-0.15, -0.1) is 0 Å². The maximum absolute atomic E-state index is 4.38. The molecule has 2 unspecified atom stereocenters. The van der Waals surface area contributed by atoms with Gasteiger partial charge < -0.3 is 9.88 Å². The normalized spacial score (nSPS) is 14.4. The van der Waals surface area contributed by atoms with E-state index in [0.717, 1.165) is 5.69 Å². The highest BCUT2D eigenvalue weighted by Crippen LogP contribution is 2.27. The van der Waals surface area contributed by atoms with Crippen molar-refractivity contribution in [3.63, 3.8) is 0 Å². The van der Waals surface area contributed by atoms with Crippen molar-refractivity contribution in [1.29, 1.82) is 0 Å². The number of hydrogen-bond acceptors (Lipinski definition) is 2. The van der Waals surface area contributed by atoms with Crippen LogP contribution in [0.2, 0.25) is 0 Å². The molecule has 2 aromatic rings.